The summed E-state index contributed by atoms with van der Waals surface area (Å²) in [6, 6.07) is 0. The molecule has 10 heteroatoms. The first-order valence-electron chi connectivity index (χ1n) is 7.08. The number of amides is 1. The van der Waals surface area contributed by atoms with Gasteiger partial charge in [0.1, 0.15) is 18.3 Å². The van der Waals surface area contributed by atoms with E-state index in [0.29, 0.717) is 17.5 Å². The molecule has 2 aromatic rings. The molecule has 1 aliphatic heterocycles. The Balaban J connectivity index is 1.79. The van der Waals surface area contributed by atoms with Crippen LogP contribution < -0.4 is 10.9 Å². The molecule has 1 fully saturated rings. The van der Waals surface area contributed by atoms with E-state index in [2.05, 4.69) is 15.4 Å². The molecular weight excluding hydrogens is 322 g/mol. The Morgan fingerprint density at radius 2 is 2.22 bits per heavy atom. The van der Waals surface area contributed by atoms with Gasteiger partial charge < -0.3 is 5.32 Å². The van der Waals surface area contributed by atoms with E-state index in [1.165, 1.54) is 21.8 Å². The average Bonchev–Trinajstić information content (AvgIpc) is 2.94. The number of aryl methyl sites for hydroxylation is 1. The Labute approximate surface area is 132 Å². The molecule has 9 nitrogen and oxygen atoms in total. The lowest BCUT2D eigenvalue weighted by Gasteiger charge is -2.24. The van der Waals surface area contributed by atoms with Crippen LogP contribution in [0.2, 0.25) is 0 Å². The van der Waals surface area contributed by atoms with Crippen LogP contribution >= 0.6 is 0 Å². The van der Waals surface area contributed by atoms with Crippen molar-refractivity contribution in [2.75, 3.05) is 11.5 Å². The topological polar surface area (TPSA) is 116 Å². The van der Waals surface area contributed by atoms with E-state index in [-0.39, 0.29) is 23.6 Å². The fourth-order valence-corrected chi connectivity index (χ4v) is 4.91. The third kappa shape index (κ3) is 2.98. The maximum Gasteiger partial charge on any atom is 0.264 e. The molecule has 1 amide bonds. The van der Waals surface area contributed by atoms with Crippen molar-refractivity contribution in [3.8, 4) is 0 Å². The summed E-state index contributed by atoms with van der Waals surface area (Å²) >= 11 is 0. The number of hydrogen-bond acceptors (Lipinski definition) is 6. The number of nitrogens with zero attached hydrogens (tertiary/aromatic N) is 4. The van der Waals surface area contributed by atoms with Crippen LogP contribution in [0.4, 0.5) is 0 Å². The zero-order valence-electron chi connectivity index (χ0n) is 12.8. The Hall–Kier alpha value is -2.23. The van der Waals surface area contributed by atoms with Gasteiger partial charge in [0, 0.05) is 7.05 Å². The molecule has 1 atom stereocenters. The highest BCUT2D eigenvalue weighted by Gasteiger charge is 2.39. The number of nitrogens with one attached hydrogen (secondary N) is 1. The Bertz CT molecular complexity index is 945. The van der Waals surface area contributed by atoms with E-state index < -0.39 is 21.3 Å². The summed E-state index contributed by atoms with van der Waals surface area (Å²) in [6.07, 6.45) is 3.07. The number of carbonyl (C=O) groups is 1. The molecule has 1 saturated heterocycles. The lowest BCUT2D eigenvalue weighted by molar-refractivity contribution is -0.123. The number of fused-ring (bicyclic) bond motifs is 1. The molecule has 3 heterocycles. The summed E-state index contributed by atoms with van der Waals surface area (Å²) in [4.78, 5) is 28.6. The van der Waals surface area contributed by atoms with Crippen LogP contribution in [0.3, 0.4) is 0 Å². The molecule has 0 radical (unpaired) electrons. The summed E-state index contributed by atoms with van der Waals surface area (Å²) in [5, 5.41) is 7.00. The van der Waals surface area contributed by atoms with Crippen molar-refractivity contribution in [3.05, 3.63) is 22.9 Å². The molecule has 1 aliphatic rings. The zero-order valence-corrected chi connectivity index (χ0v) is 13.6. The maximum absolute atomic E-state index is 12.3. The molecule has 3 rings (SSSR count). The van der Waals surface area contributed by atoms with Crippen molar-refractivity contribution in [1.82, 2.24) is 24.6 Å². The van der Waals surface area contributed by atoms with Crippen LogP contribution in [-0.2, 0) is 28.2 Å². The van der Waals surface area contributed by atoms with Crippen LogP contribution in [0.15, 0.2) is 17.3 Å². The van der Waals surface area contributed by atoms with E-state index in [4.69, 9.17) is 0 Å². The van der Waals surface area contributed by atoms with E-state index >= 15 is 0 Å². The Morgan fingerprint density at radius 1 is 1.48 bits per heavy atom. The highest BCUT2D eigenvalue weighted by Crippen LogP contribution is 2.22. The molecular formula is C13H17N5O4S. The largest absolute Gasteiger partial charge is 0.348 e. The normalized spacial score (nSPS) is 23.2. The van der Waals surface area contributed by atoms with Crippen LogP contribution in [0.5, 0.6) is 0 Å². The first kappa shape index (κ1) is 15.7. The smallest absolute Gasteiger partial charge is 0.264 e. The molecule has 2 aromatic heterocycles. The van der Waals surface area contributed by atoms with Gasteiger partial charge in [-0.05, 0) is 13.3 Å². The lowest BCUT2D eigenvalue weighted by Crippen LogP contribution is -2.48. The summed E-state index contributed by atoms with van der Waals surface area (Å²) in [6.45, 7) is 1.48. The standard InChI is InChI=1S/C13H17N5O4S/c1-13(3-4-23(21,22)7-13)16-10(19)6-18-8-14-11-9(12(18)20)5-15-17(11)2/h5,8H,3-4,6-7H2,1-2H3,(H,16,19)/t13-/m0/s1. The van der Waals surface area contributed by atoms with Gasteiger partial charge in [0.2, 0.25) is 5.91 Å². The first-order valence-corrected chi connectivity index (χ1v) is 8.90. The summed E-state index contributed by atoms with van der Waals surface area (Å²) in [7, 11) is -1.44. The van der Waals surface area contributed by atoms with Gasteiger partial charge in [0.25, 0.3) is 5.56 Å². The first-order chi connectivity index (χ1) is 10.7. The third-order valence-electron chi connectivity index (χ3n) is 3.98. The van der Waals surface area contributed by atoms with Gasteiger partial charge in [0.15, 0.2) is 15.5 Å². The van der Waals surface area contributed by atoms with Crippen LogP contribution in [0.25, 0.3) is 11.0 Å². The van der Waals surface area contributed by atoms with Crippen molar-refractivity contribution in [3.63, 3.8) is 0 Å². The molecule has 0 unspecified atom stereocenters. The molecule has 0 bridgehead atoms. The van der Waals surface area contributed by atoms with Gasteiger partial charge in [0.05, 0.1) is 23.2 Å². The van der Waals surface area contributed by atoms with Gasteiger partial charge in [-0.3, -0.25) is 18.8 Å². The minimum absolute atomic E-state index is 0.0624. The van der Waals surface area contributed by atoms with Gasteiger partial charge in [-0.2, -0.15) is 5.10 Å². The van der Waals surface area contributed by atoms with E-state index in [0.717, 1.165) is 0 Å². The molecule has 124 valence electrons. The van der Waals surface area contributed by atoms with Crippen molar-refractivity contribution in [1.29, 1.82) is 0 Å². The third-order valence-corrected chi connectivity index (χ3v) is 5.88. The van der Waals surface area contributed by atoms with Gasteiger partial charge in [-0.15, -0.1) is 0 Å². The molecule has 0 saturated carbocycles. The van der Waals surface area contributed by atoms with Gasteiger partial charge >= 0.3 is 0 Å². The summed E-state index contributed by atoms with van der Waals surface area (Å²) in [5.74, 6) is -0.440. The second-order valence-corrected chi connectivity index (χ2v) is 8.32. The predicted octanol–water partition coefficient (Wildman–Crippen LogP) is -1.18. The van der Waals surface area contributed by atoms with Gasteiger partial charge in [-0.25, -0.2) is 13.4 Å². The Kier molecular flexibility index (Phi) is 3.51. The lowest BCUT2D eigenvalue weighted by atomic mass is 10.0. The Morgan fingerprint density at radius 3 is 2.87 bits per heavy atom. The fourth-order valence-electron chi connectivity index (χ4n) is 2.82. The summed E-state index contributed by atoms with van der Waals surface area (Å²) < 4.78 is 25.8. The fraction of sp³-hybridized carbons (Fsp3) is 0.538. The SMILES string of the molecule is Cn1ncc2c(=O)n(CC(=O)N[C@@]3(C)CCS(=O)(=O)C3)cnc21. The minimum atomic E-state index is -3.11. The average molecular weight is 339 g/mol. The van der Waals surface area contributed by atoms with Crippen molar-refractivity contribution in [2.24, 2.45) is 7.05 Å². The maximum atomic E-state index is 12.3. The zero-order chi connectivity index (χ0) is 16.8. The van der Waals surface area contributed by atoms with Crippen molar-refractivity contribution >= 4 is 26.8 Å². The number of sulfone groups is 1. The predicted molar refractivity (Wildman–Crippen MR) is 82.6 cm³/mol. The van der Waals surface area contributed by atoms with Gasteiger partial charge in [-0.1, -0.05) is 0 Å². The van der Waals surface area contributed by atoms with E-state index in [9.17, 15) is 18.0 Å². The number of hydrogen-bond donors (Lipinski definition) is 1. The van der Waals surface area contributed by atoms with Crippen molar-refractivity contribution < 1.29 is 13.2 Å². The molecule has 0 aliphatic carbocycles. The second kappa shape index (κ2) is 5.15. The molecule has 23 heavy (non-hydrogen) atoms. The highest BCUT2D eigenvalue weighted by atomic mass is 32.2. The quantitative estimate of drug-likeness (QED) is 0.753. The van der Waals surface area contributed by atoms with E-state index in [1.54, 1.807) is 14.0 Å². The molecule has 0 aromatic carbocycles. The highest BCUT2D eigenvalue weighted by molar-refractivity contribution is 7.91. The second-order valence-electron chi connectivity index (χ2n) is 6.13. The molecule has 1 N–H and O–H groups in total. The van der Waals surface area contributed by atoms with E-state index in [1.807, 2.05) is 0 Å². The molecule has 0 spiro atoms. The van der Waals surface area contributed by atoms with Crippen molar-refractivity contribution in [2.45, 2.75) is 25.4 Å². The number of carbonyl (C=O) groups excluding carboxylic acids is 1. The summed E-state index contributed by atoms with van der Waals surface area (Å²) in [5.41, 5.74) is -0.700. The van der Waals surface area contributed by atoms with Crippen LogP contribution in [-0.4, -0.2) is 50.7 Å². The minimum Gasteiger partial charge on any atom is -0.348 e. The monoisotopic (exact) mass is 339 g/mol. The van der Waals surface area contributed by atoms with Crippen LogP contribution in [0, 0.1) is 0 Å². The van der Waals surface area contributed by atoms with Crippen LogP contribution in [0.1, 0.15) is 13.3 Å². The number of rotatable bonds is 3. The number of aromatic nitrogens is 4.